The smallest absolute Gasteiger partial charge is 0.249 e. The lowest BCUT2D eigenvalue weighted by molar-refractivity contribution is -0.120. The van der Waals surface area contributed by atoms with Gasteiger partial charge in [0.1, 0.15) is 11.4 Å². The predicted molar refractivity (Wildman–Crippen MR) is 62.2 cm³/mol. The minimum atomic E-state index is -0.614. The number of amides is 1. The zero-order chi connectivity index (χ0) is 12.1. The van der Waals surface area contributed by atoms with Crippen molar-refractivity contribution in [2.24, 2.45) is 0 Å². The molecule has 0 saturated heterocycles. The van der Waals surface area contributed by atoms with Crippen molar-refractivity contribution in [1.29, 1.82) is 0 Å². The van der Waals surface area contributed by atoms with Gasteiger partial charge >= 0.3 is 0 Å². The van der Waals surface area contributed by atoms with Gasteiger partial charge in [-0.2, -0.15) is 0 Å². The van der Waals surface area contributed by atoms with Gasteiger partial charge in [0.05, 0.1) is 11.4 Å². The maximum atomic E-state index is 13.4. The molecule has 2 rings (SSSR count). The van der Waals surface area contributed by atoms with Gasteiger partial charge in [0, 0.05) is 7.05 Å². The van der Waals surface area contributed by atoms with Crippen molar-refractivity contribution in [3.8, 4) is 0 Å². The van der Waals surface area contributed by atoms with E-state index in [0.717, 1.165) is 5.69 Å². The average Bonchev–Trinajstić information content (AvgIpc) is 2.20. The Kier molecular flexibility index (Phi) is 2.19. The molecule has 86 valence electrons. The van der Waals surface area contributed by atoms with E-state index in [4.69, 9.17) is 0 Å². The van der Waals surface area contributed by atoms with Crippen molar-refractivity contribution in [3.63, 3.8) is 0 Å². The number of carbonyl (C=O) groups excluding carboxylic acids is 1. The third-order valence-electron chi connectivity index (χ3n) is 3.28. The van der Waals surface area contributed by atoms with E-state index in [9.17, 15) is 9.18 Å². The second-order valence-corrected chi connectivity index (χ2v) is 4.69. The van der Waals surface area contributed by atoms with Crippen molar-refractivity contribution in [2.75, 3.05) is 17.3 Å². The zero-order valence-corrected chi connectivity index (χ0v) is 9.89. The number of anilines is 2. The van der Waals surface area contributed by atoms with Crippen molar-refractivity contribution >= 4 is 17.3 Å². The molecule has 3 nitrogen and oxygen atoms in total. The second kappa shape index (κ2) is 3.20. The van der Waals surface area contributed by atoms with Crippen LogP contribution in [0.25, 0.3) is 0 Å². The number of aryl methyl sites for hydroxylation is 1. The van der Waals surface area contributed by atoms with Gasteiger partial charge in [-0.05, 0) is 38.5 Å². The number of hydrogen-bond acceptors (Lipinski definition) is 2. The molecule has 1 heterocycles. The largest absolute Gasteiger partial charge is 0.359 e. The highest BCUT2D eigenvalue weighted by molar-refractivity contribution is 6.06. The van der Waals surface area contributed by atoms with Gasteiger partial charge in [-0.3, -0.25) is 4.79 Å². The Labute approximate surface area is 94.3 Å². The molecule has 1 aliphatic rings. The fourth-order valence-corrected chi connectivity index (χ4v) is 1.77. The third kappa shape index (κ3) is 1.37. The number of hydrogen-bond donors (Lipinski definition) is 1. The standard InChI is InChI=1S/C12H15FN2O/c1-7-5-10-9(6-8(7)13)14-11(16)12(2,3)15(10)4/h5-6H,1-4H3,(H,14,16). The minimum absolute atomic E-state index is 0.120. The van der Waals surface area contributed by atoms with Gasteiger partial charge < -0.3 is 10.2 Å². The normalized spacial score (nSPS) is 18.1. The highest BCUT2D eigenvalue weighted by Crippen LogP contribution is 2.36. The number of nitrogens with one attached hydrogen (secondary N) is 1. The summed E-state index contributed by atoms with van der Waals surface area (Å²) in [5.41, 5.74) is 1.35. The Hall–Kier alpha value is -1.58. The molecule has 1 aromatic rings. The summed E-state index contributed by atoms with van der Waals surface area (Å²) in [6.45, 7) is 5.39. The molecule has 0 radical (unpaired) electrons. The first kappa shape index (κ1) is 10.9. The van der Waals surface area contributed by atoms with E-state index in [1.807, 2.05) is 25.8 Å². The first-order chi connectivity index (χ1) is 7.34. The number of benzene rings is 1. The van der Waals surface area contributed by atoms with Gasteiger partial charge in [-0.15, -0.1) is 0 Å². The molecule has 0 atom stereocenters. The molecule has 1 N–H and O–H groups in total. The highest BCUT2D eigenvalue weighted by Gasteiger charge is 2.38. The summed E-state index contributed by atoms with van der Waals surface area (Å²) in [5.74, 6) is -0.419. The molecule has 1 aliphatic heterocycles. The van der Waals surface area contributed by atoms with E-state index in [1.54, 1.807) is 13.0 Å². The lowest BCUT2D eigenvalue weighted by Gasteiger charge is -2.41. The number of carbonyl (C=O) groups is 1. The van der Waals surface area contributed by atoms with Crippen molar-refractivity contribution < 1.29 is 9.18 Å². The van der Waals surface area contributed by atoms with Gasteiger partial charge in [-0.1, -0.05) is 0 Å². The Balaban J connectivity index is 2.60. The van der Waals surface area contributed by atoms with E-state index in [-0.39, 0.29) is 11.7 Å². The van der Waals surface area contributed by atoms with Crippen LogP contribution in [-0.4, -0.2) is 18.5 Å². The van der Waals surface area contributed by atoms with Crippen LogP contribution in [-0.2, 0) is 4.79 Å². The van der Waals surface area contributed by atoms with Crippen LogP contribution in [0, 0.1) is 12.7 Å². The summed E-state index contributed by atoms with van der Waals surface area (Å²) in [5, 5.41) is 2.73. The number of rotatable bonds is 0. The maximum absolute atomic E-state index is 13.4. The summed E-state index contributed by atoms with van der Waals surface area (Å²) >= 11 is 0. The fraction of sp³-hybridized carbons (Fsp3) is 0.417. The molecule has 1 amide bonds. The van der Waals surface area contributed by atoms with Crippen LogP contribution in [0.4, 0.5) is 15.8 Å². The number of nitrogens with zero attached hydrogens (tertiary/aromatic N) is 1. The summed E-state index contributed by atoms with van der Waals surface area (Å²) in [6, 6.07) is 3.13. The van der Waals surface area contributed by atoms with Crippen LogP contribution in [0.3, 0.4) is 0 Å². The second-order valence-electron chi connectivity index (χ2n) is 4.69. The molecule has 0 bridgehead atoms. The number of halogens is 1. The first-order valence-electron chi connectivity index (χ1n) is 5.19. The maximum Gasteiger partial charge on any atom is 0.249 e. The van der Waals surface area contributed by atoms with Gasteiger partial charge in [0.25, 0.3) is 0 Å². The molecule has 0 aliphatic carbocycles. The Morgan fingerprint density at radius 3 is 2.62 bits per heavy atom. The van der Waals surface area contributed by atoms with Crippen LogP contribution in [0.1, 0.15) is 19.4 Å². The summed E-state index contributed by atoms with van der Waals surface area (Å²) in [7, 11) is 1.84. The predicted octanol–water partition coefficient (Wildman–Crippen LogP) is 2.30. The minimum Gasteiger partial charge on any atom is -0.359 e. The van der Waals surface area contributed by atoms with Crippen molar-refractivity contribution in [2.45, 2.75) is 26.3 Å². The lowest BCUT2D eigenvalue weighted by Crippen LogP contribution is -2.54. The van der Waals surface area contributed by atoms with Gasteiger partial charge in [-0.25, -0.2) is 4.39 Å². The summed E-state index contributed by atoms with van der Waals surface area (Å²) < 4.78 is 13.4. The fourth-order valence-electron chi connectivity index (χ4n) is 1.77. The Bertz CT molecular complexity index is 468. The highest BCUT2D eigenvalue weighted by atomic mass is 19.1. The lowest BCUT2D eigenvalue weighted by atomic mass is 9.96. The van der Waals surface area contributed by atoms with Gasteiger partial charge in [0.15, 0.2) is 0 Å². The monoisotopic (exact) mass is 222 g/mol. The SMILES string of the molecule is Cc1cc2c(cc1F)NC(=O)C(C)(C)N2C. The first-order valence-corrected chi connectivity index (χ1v) is 5.19. The van der Waals surface area contributed by atoms with Crippen LogP contribution >= 0.6 is 0 Å². The summed E-state index contributed by atoms with van der Waals surface area (Å²) in [4.78, 5) is 13.7. The van der Waals surface area contributed by atoms with Crippen LogP contribution in [0.5, 0.6) is 0 Å². The Morgan fingerprint density at radius 1 is 1.38 bits per heavy atom. The molecule has 0 fully saturated rings. The molecule has 0 unspecified atom stereocenters. The van der Waals surface area contributed by atoms with E-state index < -0.39 is 5.54 Å². The molecule has 16 heavy (non-hydrogen) atoms. The molecule has 4 heteroatoms. The van der Waals surface area contributed by atoms with Crippen LogP contribution < -0.4 is 10.2 Å². The summed E-state index contributed by atoms with van der Waals surface area (Å²) in [6.07, 6.45) is 0. The molecule has 1 aromatic carbocycles. The van der Waals surface area contributed by atoms with Crippen molar-refractivity contribution in [1.82, 2.24) is 0 Å². The van der Waals surface area contributed by atoms with E-state index >= 15 is 0 Å². The molecular weight excluding hydrogens is 207 g/mol. The number of fused-ring (bicyclic) bond motifs is 1. The average molecular weight is 222 g/mol. The van der Waals surface area contributed by atoms with Gasteiger partial charge in [0.2, 0.25) is 5.91 Å². The van der Waals surface area contributed by atoms with Crippen molar-refractivity contribution in [3.05, 3.63) is 23.5 Å². The van der Waals surface area contributed by atoms with E-state index in [2.05, 4.69) is 5.32 Å². The molecular formula is C12H15FN2O. The topological polar surface area (TPSA) is 32.3 Å². The quantitative estimate of drug-likeness (QED) is 0.730. The zero-order valence-electron chi connectivity index (χ0n) is 9.89. The third-order valence-corrected chi connectivity index (χ3v) is 3.28. The van der Waals surface area contributed by atoms with Crippen LogP contribution in [0.2, 0.25) is 0 Å². The Morgan fingerprint density at radius 2 is 2.00 bits per heavy atom. The molecule has 0 aromatic heterocycles. The molecule has 0 spiro atoms. The molecule has 0 saturated carbocycles. The van der Waals surface area contributed by atoms with E-state index in [1.165, 1.54) is 6.07 Å². The number of likely N-dealkylation sites (N-methyl/N-ethyl adjacent to an activating group) is 1. The van der Waals surface area contributed by atoms with Crippen LogP contribution in [0.15, 0.2) is 12.1 Å². The van der Waals surface area contributed by atoms with E-state index in [0.29, 0.717) is 11.3 Å².